The molecule has 1 aromatic rings. The number of para-hydroxylation sites is 1. The number of nitrogens with zero attached hydrogens (tertiary/aromatic N) is 1. The van der Waals surface area contributed by atoms with Crippen LogP contribution in [0.15, 0.2) is 24.3 Å². The molecule has 5 nitrogen and oxygen atoms in total. The maximum Gasteiger partial charge on any atom is 0.418 e. The van der Waals surface area contributed by atoms with Gasteiger partial charge in [-0.1, -0.05) is 12.1 Å². The predicted molar refractivity (Wildman–Crippen MR) is 90.9 cm³/mol. The van der Waals surface area contributed by atoms with Crippen molar-refractivity contribution >= 4 is 29.9 Å². The van der Waals surface area contributed by atoms with E-state index in [4.69, 9.17) is 0 Å². The normalized spacial score (nSPS) is 18.5. The molecule has 0 spiro atoms. The summed E-state index contributed by atoms with van der Waals surface area (Å²) in [5.41, 5.74) is -1.45. The molecule has 2 N–H and O–H groups in total. The quantitative estimate of drug-likeness (QED) is 0.727. The van der Waals surface area contributed by atoms with Gasteiger partial charge in [-0.25, -0.2) is 8.78 Å². The lowest BCUT2D eigenvalue weighted by atomic mass is 10.1. The van der Waals surface area contributed by atoms with E-state index in [-0.39, 0.29) is 19.0 Å². The lowest BCUT2D eigenvalue weighted by Gasteiger charge is -2.24. The molecule has 0 bridgehead atoms. The summed E-state index contributed by atoms with van der Waals surface area (Å²) < 4.78 is 65.2. The van der Waals surface area contributed by atoms with Gasteiger partial charge in [0, 0.05) is 13.0 Å². The van der Waals surface area contributed by atoms with Crippen molar-refractivity contribution in [3.05, 3.63) is 29.8 Å². The molecule has 1 fully saturated rings. The number of rotatable bonds is 5. The second kappa shape index (κ2) is 8.83. The van der Waals surface area contributed by atoms with Gasteiger partial charge in [0.25, 0.3) is 5.92 Å². The van der Waals surface area contributed by atoms with Gasteiger partial charge in [0.15, 0.2) is 0 Å². The van der Waals surface area contributed by atoms with Gasteiger partial charge in [-0.15, -0.1) is 12.4 Å². The van der Waals surface area contributed by atoms with Crippen molar-refractivity contribution in [2.75, 3.05) is 25.0 Å². The van der Waals surface area contributed by atoms with Gasteiger partial charge in [0.1, 0.15) is 0 Å². The Labute approximate surface area is 158 Å². The maximum atomic E-state index is 13.2. The van der Waals surface area contributed by atoms with E-state index in [0.717, 1.165) is 17.0 Å². The van der Waals surface area contributed by atoms with Crippen LogP contribution in [0, 0.1) is 0 Å². The number of carbonyl (C=O) groups is 2. The summed E-state index contributed by atoms with van der Waals surface area (Å²) in [5, 5.41) is 4.51. The molecule has 1 unspecified atom stereocenters. The monoisotopic (exact) mass is 415 g/mol. The molecule has 1 atom stereocenters. The first-order valence-corrected chi connectivity index (χ1v) is 7.89. The SMILES string of the molecule is CCN(CC(=O)Nc1ccccc1C(F)(F)F)C(=O)C1CC(F)(F)CN1.Cl. The number of halogens is 6. The fraction of sp³-hybridized carbons (Fsp3) is 0.500. The number of hydrogen-bond donors (Lipinski definition) is 2. The fourth-order valence-electron chi connectivity index (χ4n) is 2.66. The van der Waals surface area contributed by atoms with Crippen molar-refractivity contribution < 1.29 is 31.5 Å². The van der Waals surface area contributed by atoms with E-state index in [2.05, 4.69) is 10.6 Å². The van der Waals surface area contributed by atoms with E-state index < -0.39 is 60.7 Å². The molecule has 11 heteroatoms. The largest absolute Gasteiger partial charge is 0.418 e. The van der Waals surface area contributed by atoms with Crippen LogP contribution < -0.4 is 10.6 Å². The summed E-state index contributed by atoms with van der Waals surface area (Å²) in [6, 6.07) is 3.31. The summed E-state index contributed by atoms with van der Waals surface area (Å²) in [6.45, 7) is 0.427. The predicted octanol–water partition coefficient (Wildman–Crippen LogP) is 2.91. The highest BCUT2D eigenvalue weighted by molar-refractivity contribution is 5.96. The maximum absolute atomic E-state index is 13.2. The second-order valence-electron chi connectivity index (χ2n) is 5.94. The Morgan fingerprint density at radius 3 is 2.44 bits per heavy atom. The molecule has 2 amide bonds. The van der Waals surface area contributed by atoms with Gasteiger partial charge in [-0.05, 0) is 19.1 Å². The molecule has 0 saturated carbocycles. The lowest BCUT2D eigenvalue weighted by Crippen LogP contribution is -2.46. The number of amides is 2. The van der Waals surface area contributed by atoms with Crippen molar-refractivity contribution in [3.63, 3.8) is 0 Å². The Morgan fingerprint density at radius 2 is 1.93 bits per heavy atom. The Morgan fingerprint density at radius 1 is 1.30 bits per heavy atom. The van der Waals surface area contributed by atoms with E-state index in [1.54, 1.807) is 6.92 Å². The molecule has 1 heterocycles. The molecule has 0 aromatic heterocycles. The summed E-state index contributed by atoms with van der Waals surface area (Å²) in [7, 11) is 0. The molecule has 1 aromatic carbocycles. The van der Waals surface area contributed by atoms with Crippen molar-refractivity contribution in [1.82, 2.24) is 10.2 Å². The fourth-order valence-corrected chi connectivity index (χ4v) is 2.66. The highest BCUT2D eigenvalue weighted by atomic mass is 35.5. The number of benzene rings is 1. The summed E-state index contributed by atoms with van der Waals surface area (Å²) in [4.78, 5) is 25.3. The molecule has 1 saturated heterocycles. The minimum atomic E-state index is -4.65. The van der Waals surface area contributed by atoms with E-state index in [1.165, 1.54) is 12.1 Å². The molecule has 0 aliphatic carbocycles. The first kappa shape index (κ1) is 23.1. The first-order valence-electron chi connectivity index (χ1n) is 7.89. The van der Waals surface area contributed by atoms with Gasteiger partial charge in [0.2, 0.25) is 11.8 Å². The van der Waals surface area contributed by atoms with Crippen LogP contribution >= 0.6 is 12.4 Å². The average Bonchev–Trinajstić information content (AvgIpc) is 2.91. The number of hydrogen-bond acceptors (Lipinski definition) is 3. The summed E-state index contributed by atoms with van der Waals surface area (Å²) >= 11 is 0. The van der Waals surface area contributed by atoms with Gasteiger partial charge in [-0.3, -0.25) is 14.9 Å². The van der Waals surface area contributed by atoms with E-state index in [9.17, 15) is 31.5 Å². The van der Waals surface area contributed by atoms with Crippen LogP contribution in [0.3, 0.4) is 0 Å². The third-order valence-corrected chi connectivity index (χ3v) is 3.94. The Kier molecular flexibility index (Phi) is 7.56. The zero-order chi connectivity index (χ0) is 19.5. The van der Waals surface area contributed by atoms with Gasteiger partial charge < -0.3 is 10.2 Å². The van der Waals surface area contributed by atoms with E-state index >= 15 is 0 Å². The molecule has 1 aliphatic heterocycles. The minimum Gasteiger partial charge on any atom is -0.332 e. The smallest absolute Gasteiger partial charge is 0.332 e. The lowest BCUT2D eigenvalue weighted by molar-refractivity contribution is -0.138. The Bertz CT molecular complexity index is 684. The van der Waals surface area contributed by atoms with Gasteiger partial charge >= 0.3 is 6.18 Å². The number of nitrogens with one attached hydrogen (secondary N) is 2. The standard InChI is InChI=1S/C16H18F5N3O2.ClH/c1-2-24(14(26)12-7-15(17,18)9-22-12)8-13(25)23-11-6-4-3-5-10(11)16(19,20)21;/h3-6,12,22H,2,7-9H2,1H3,(H,23,25);1H. The van der Waals surface area contributed by atoms with Crippen molar-refractivity contribution in [2.45, 2.75) is 31.5 Å². The van der Waals surface area contributed by atoms with Gasteiger partial charge in [-0.2, -0.15) is 13.2 Å². The molecule has 0 radical (unpaired) electrons. The van der Waals surface area contributed by atoms with Gasteiger partial charge in [0.05, 0.1) is 30.4 Å². The van der Waals surface area contributed by atoms with Crippen LogP contribution in [-0.4, -0.2) is 48.3 Å². The van der Waals surface area contributed by atoms with Crippen LogP contribution in [0.1, 0.15) is 18.9 Å². The van der Waals surface area contributed by atoms with Crippen LogP contribution in [0.4, 0.5) is 27.6 Å². The summed E-state index contributed by atoms with van der Waals surface area (Å²) in [6.07, 6.45) is -5.33. The third-order valence-electron chi connectivity index (χ3n) is 3.94. The zero-order valence-corrected chi connectivity index (χ0v) is 15.1. The first-order chi connectivity index (χ1) is 12.0. The molecule has 152 valence electrons. The summed E-state index contributed by atoms with van der Waals surface area (Å²) in [5.74, 6) is -4.54. The van der Waals surface area contributed by atoms with E-state index in [0.29, 0.717) is 0 Å². The highest BCUT2D eigenvalue weighted by Gasteiger charge is 2.43. The number of anilines is 1. The molecule has 2 rings (SSSR count). The van der Waals surface area contributed by atoms with Crippen LogP contribution in [0.5, 0.6) is 0 Å². The second-order valence-corrected chi connectivity index (χ2v) is 5.94. The van der Waals surface area contributed by atoms with Crippen LogP contribution in [-0.2, 0) is 15.8 Å². The van der Waals surface area contributed by atoms with Crippen molar-refractivity contribution in [3.8, 4) is 0 Å². The van der Waals surface area contributed by atoms with Crippen LogP contribution in [0.2, 0.25) is 0 Å². The van der Waals surface area contributed by atoms with Crippen LogP contribution in [0.25, 0.3) is 0 Å². The molecular weight excluding hydrogens is 397 g/mol. The molecule has 1 aliphatic rings. The third kappa shape index (κ3) is 6.03. The number of carbonyl (C=O) groups excluding carboxylic acids is 2. The van der Waals surface area contributed by atoms with E-state index in [1.807, 2.05) is 0 Å². The van der Waals surface area contributed by atoms with Crippen molar-refractivity contribution in [2.24, 2.45) is 0 Å². The number of likely N-dealkylation sites (N-methyl/N-ethyl adjacent to an activating group) is 1. The molecular formula is C16H19ClF5N3O2. The highest BCUT2D eigenvalue weighted by Crippen LogP contribution is 2.34. The average molecular weight is 416 g/mol. The zero-order valence-electron chi connectivity index (χ0n) is 14.3. The Hall–Kier alpha value is -1.94. The molecule has 27 heavy (non-hydrogen) atoms. The number of alkyl halides is 5. The Balaban J connectivity index is 0.00000364. The minimum absolute atomic E-state index is 0. The van der Waals surface area contributed by atoms with Crippen molar-refractivity contribution in [1.29, 1.82) is 0 Å². The topological polar surface area (TPSA) is 61.4 Å².